The van der Waals surface area contributed by atoms with Gasteiger partial charge in [0.05, 0.1) is 6.61 Å². The molecule has 1 aliphatic rings. The molecule has 3 rings (SSSR count). The van der Waals surface area contributed by atoms with Gasteiger partial charge >= 0.3 is 5.97 Å². The summed E-state index contributed by atoms with van der Waals surface area (Å²) in [5, 5.41) is 4.52. The minimum Gasteiger partial charge on any atom is -0.459 e. The highest BCUT2D eigenvalue weighted by molar-refractivity contribution is 5.90. The Balaban J connectivity index is 1.99. The van der Waals surface area contributed by atoms with Gasteiger partial charge in [-0.15, -0.1) is 0 Å². The van der Waals surface area contributed by atoms with Crippen molar-refractivity contribution >= 4 is 16.9 Å². The number of hydrogen-bond acceptors (Lipinski definition) is 4. The number of fused-ring (bicyclic) bond motifs is 3. The van der Waals surface area contributed by atoms with Crippen LogP contribution in [0.2, 0.25) is 0 Å². The first-order valence-corrected chi connectivity index (χ1v) is 8.98. The van der Waals surface area contributed by atoms with Crippen LogP contribution in [-0.4, -0.2) is 29.2 Å². The molecule has 1 aliphatic heterocycles. The van der Waals surface area contributed by atoms with Crippen LogP contribution in [0.1, 0.15) is 57.4 Å². The second-order valence-corrected chi connectivity index (χ2v) is 7.67. The highest BCUT2D eigenvalue weighted by Gasteiger charge is 2.36. The van der Waals surface area contributed by atoms with Gasteiger partial charge in [0.25, 0.3) is 0 Å². The van der Waals surface area contributed by atoms with E-state index in [1.807, 2.05) is 33.8 Å². The first-order valence-electron chi connectivity index (χ1n) is 8.98. The van der Waals surface area contributed by atoms with Crippen molar-refractivity contribution in [2.45, 2.75) is 65.3 Å². The average molecular weight is 344 g/mol. The Morgan fingerprint density at radius 2 is 2.08 bits per heavy atom. The van der Waals surface area contributed by atoms with Gasteiger partial charge in [0, 0.05) is 35.7 Å². The van der Waals surface area contributed by atoms with E-state index in [1.165, 1.54) is 10.9 Å². The number of H-pyrrole nitrogens is 1. The summed E-state index contributed by atoms with van der Waals surface area (Å²) in [6.07, 6.45) is 0. The zero-order valence-corrected chi connectivity index (χ0v) is 15.7. The van der Waals surface area contributed by atoms with E-state index in [2.05, 4.69) is 29.4 Å². The summed E-state index contributed by atoms with van der Waals surface area (Å²) in [6.45, 7) is 11.7. The third-order valence-electron chi connectivity index (χ3n) is 4.61. The van der Waals surface area contributed by atoms with E-state index in [0.29, 0.717) is 19.8 Å². The van der Waals surface area contributed by atoms with Crippen LogP contribution in [0.15, 0.2) is 18.2 Å². The van der Waals surface area contributed by atoms with Crippen LogP contribution < -0.4 is 5.32 Å². The second-order valence-electron chi connectivity index (χ2n) is 7.67. The molecule has 2 unspecified atom stereocenters. The molecule has 1 aromatic carbocycles. The van der Waals surface area contributed by atoms with Gasteiger partial charge < -0.3 is 14.5 Å². The zero-order chi connectivity index (χ0) is 18.2. The number of ether oxygens (including phenoxy) is 2. The van der Waals surface area contributed by atoms with Crippen LogP contribution in [0, 0.1) is 0 Å². The molecule has 0 aliphatic carbocycles. The molecule has 0 bridgehead atoms. The van der Waals surface area contributed by atoms with Gasteiger partial charge in [-0.2, -0.15) is 0 Å². The number of esters is 1. The first-order chi connectivity index (χ1) is 11.8. The van der Waals surface area contributed by atoms with E-state index in [0.717, 1.165) is 16.8 Å². The lowest BCUT2D eigenvalue weighted by Gasteiger charge is -2.32. The summed E-state index contributed by atoms with van der Waals surface area (Å²) in [4.78, 5) is 16.1. The largest absolute Gasteiger partial charge is 0.459 e. The van der Waals surface area contributed by atoms with Crippen LogP contribution in [0.3, 0.4) is 0 Å². The number of rotatable bonds is 4. The van der Waals surface area contributed by atoms with E-state index in [-0.39, 0.29) is 17.9 Å². The molecule has 2 N–H and O–H groups in total. The van der Waals surface area contributed by atoms with Crippen molar-refractivity contribution in [3.8, 4) is 0 Å². The molecule has 0 amide bonds. The Morgan fingerprint density at radius 3 is 2.76 bits per heavy atom. The maximum absolute atomic E-state index is 12.6. The van der Waals surface area contributed by atoms with Crippen molar-refractivity contribution in [2.24, 2.45) is 0 Å². The van der Waals surface area contributed by atoms with Crippen molar-refractivity contribution in [1.82, 2.24) is 10.3 Å². The summed E-state index contributed by atoms with van der Waals surface area (Å²) in [6, 6.07) is 5.88. The van der Waals surface area contributed by atoms with Gasteiger partial charge in [-0.1, -0.05) is 19.1 Å². The zero-order valence-electron chi connectivity index (χ0n) is 15.7. The Kier molecular flexibility index (Phi) is 4.89. The Hall–Kier alpha value is -1.85. The molecule has 2 atom stereocenters. The lowest BCUT2D eigenvalue weighted by molar-refractivity contribution is -0.158. The number of carbonyl (C=O) groups is 1. The second kappa shape index (κ2) is 6.81. The number of benzene rings is 1. The molecule has 0 saturated carbocycles. The smallest absolute Gasteiger partial charge is 0.324 e. The molecule has 0 spiro atoms. The fourth-order valence-corrected chi connectivity index (χ4v) is 3.59. The molecular formula is C20H28N2O3. The van der Waals surface area contributed by atoms with Crippen molar-refractivity contribution in [3.63, 3.8) is 0 Å². The monoisotopic (exact) mass is 344 g/mol. The molecular weight excluding hydrogens is 316 g/mol. The van der Waals surface area contributed by atoms with Gasteiger partial charge in [0.1, 0.15) is 11.6 Å². The van der Waals surface area contributed by atoms with Crippen LogP contribution >= 0.6 is 0 Å². The highest BCUT2D eigenvalue weighted by atomic mass is 16.6. The minimum absolute atomic E-state index is 0.0233. The van der Waals surface area contributed by atoms with Gasteiger partial charge in [-0.05, 0) is 44.9 Å². The molecule has 136 valence electrons. The van der Waals surface area contributed by atoms with Crippen molar-refractivity contribution in [3.05, 3.63) is 35.0 Å². The summed E-state index contributed by atoms with van der Waals surface area (Å²) in [5.74, 6) is -0.169. The number of hydrogen-bond donors (Lipinski definition) is 2. The van der Waals surface area contributed by atoms with Crippen LogP contribution in [0.4, 0.5) is 0 Å². The Labute approximate surface area is 149 Å². The topological polar surface area (TPSA) is 63.4 Å². The number of aromatic nitrogens is 1. The number of carbonyl (C=O) groups excluding carboxylic acids is 1. The first kappa shape index (κ1) is 18.0. The maximum Gasteiger partial charge on any atom is 0.324 e. The predicted octanol–water partition coefficient (Wildman–Crippen LogP) is 3.62. The molecule has 0 radical (unpaired) electrons. The lowest BCUT2D eigenvalue weighted by Crippen LogP contribution is -2.46. The van der Waals surface area contributed by atoms with E-state index >= 15 is 0 Å². The fraction of sp³-hybridized carbons (Fsp3) is 0.550. The lowest BCUT2D eigenvalue weighted by atomic mass is 9.86. The Morgan fingerprint density at radius 1 is 1.32 bits per heavy atom. The minimum atomic E-state index is -0.487. The summed E-state index contributed by atoms with van der Waals surface area (Å²) < 4.78 is 11.3. The van der Waals surface area contributed by atoms with E-state index in [4.69, 9.17) is 9.47 Å². The molecule has 0 saturated heterocycles. The SMILES string of the molecule is CCOCc1cccc2[nH]c3c(c12)C(C)C(C(=O)OC(C)(C)C)NC3. The quantitative estimate of drug-likeness (QED) is 0.832. The van der Waals surface area contributed by atoms with Crippen molar-refractivity contribution in [2.75, 3.05) is 6.61 Å². The summed E-state index contributed by atoms with van der Waals surface area (Å²) in [5.41, 5.74) is 4.12. The third kappa shape index (κ3) is 3.58. The number of nitrogens with one attached hydrogen (secondary N) is 2. The molecule has 25 heavy (non-hydrogen) atoms. The molecule has 0 fully saturated rings. The van der Waals surface area contributed by atoms with Gasteiger partial charge in [-0.3, -0.25) is 10.1 Å². The normalized spacial score (nSPS) is 20.5. The highest BCUT2D eigenvalue weighted by Crippen LogP contribution is 2.37. The summed E-state index contributed by atoms with van der Waals surface area (Å²) >= 11 is 0. The van der Waals surface area contributed by atoms with Gasteiger partial charge in [0.2, 0.25) is 0 Å². The van der Waals surface area contributed by atoms with E-state index in [1.54, 1.807) is 0 Å². The molecule has 2 aromatic rings. The van der Waals surface area contributed by atoms with Crippen LogP contribution in [0.5, 0.6) is 0 Å². The average Bonchev–Trinajstić information content (AvgIpc) is 2.91. The predicted molar refractivity (Wildman–Crippen MR) is 98.5 cm³/mol. The Bertz CT molecular complexity index is 773. The van der Waals surface area contributed by atoms with Gasteiger partial charge in [-0.25, -0.2) is 0 Å². The number of aromatic amines is 1. The van der Waals surface area contributed by atoms with E-state index in [9.17, 15) is 4.79 Å². The molecule has 1 aromatic heterocycles. The van der Waals surface area contributed by atoms with Crippen LogP contribution in [-0.2, 0) is 27.4 Å². The standard InChI is InChI=1S/C20H28N2O3/c1-6-24-11-13-8-7-9-14-17(13)16-12(2)18(21-10-15(16)22-14)19(23)25-20(3,4)5/h7-9,12,18,21-22H,6,10-11H2,1-5H3. The van der Waals surface area contributed by atoms with Crippen molar-refractivity contribution in [1.29, 1.82) is 0 Å². The van der Waals surface area contributed by atoms with Crippen molar-refractivity contribution < 1.29 is 14.3 Å². The van der Waals surface area contributed by atoms with Gasteiger partial charge in [0.15, 0.2) is 0 Å². The third-order valence-corrected chi connectivity index (χ3v) is 4.61. The van der Waals surface area contributed by atoms with Crippen LogP contribution in [0.25, 0.3) is 10.9 Å². The summed E-state index contributed by atoms with van der Waals surface area (Å²) in [7, 11) is 0. The molecule has 5 heteroatoms. The fourth-order valence-electron chi connectivity index (χ4n) is 3.59. The molecule has 5 nitrogen and oxygen atoms in total. The maximum atomic E-state index is 12.6. The molecule has 2 heterocycles. The van der Waals surface area contributed by atoms with E-state index < -0.39 is 5.60 Å².